The lowest BCUT2D eigenvalue weighted by atomic mass is 9.95. The Kier molecular flexibility index (Phi) is 3.20. The van der Waals surface area contributed by atoms with E-state index in [1.807, 2.05) is 0 Å². The number of nitrogens with zero attached hydrogens (tertiary/aromatic N) is 2. The molecular weight excluding hydrogens is 200 g/mol. The van der Waals surface area contributed by atoms with Crippen LogP contribution in [0, 0.1) is 0 Å². The first kappa shape index (κ1) is 10.4. The summed E-state index contributed by atoms with van der Waals surface area (Å²) in [6.07, 6.45) is 2.10. The molecule has 0 bridgehead atoms. The van der Waals surface area contributed by atoms with Crippen LogP contribution in [0.15, 0.2) is 12.4 Å². The molecule has 0 aliphatic carbocycles. The zero-order valence-electron chi connectivity index (χ0n) is 8.29. The Bertz CT molecular complexity index is 324. The SMILES string of the molecule is FC(F)c1cncc(C2CCNCC2)n1. The first-order chi connectivity index (χ1) is 7.27. The maximum Gasteiger partial charge on any atom is 0.281 e. The molecular formula is C10H13F2N3. The normalized spacial score (nSPS) is 18.3. The molecule has 0 saturated carbocycles. The van der Waals surface area contributed by atoms with Crippen molar-refractivity contribution >= 4 is 0 Å². The molecule has 2 heterocycles. The van der Waals surface area contributed by atoms with Crippen molar-refractivity contribution in [3.05, 3.63) is 23.8 Å². The van der Waals surface area contributed by atoms with Gasteiger partial charge in [0.2, 0.25) is 0 Å². The molecule has 1 aliphatic heterocycles. The van der Waals surface area contributed by atoms with Gasteiger partial charge in [0.1, 0.15) is 5.69 Å². The van der Waals surface area contributed by atoms with Crippen LogP contribution >= 0.6 is 0 Å². The molecule has 1 aromatic heterocycles. The van der Waals surface area contributed by atoms with Gasteiger partial charge in [0.05, 0.1) is 11.9 Å². The van der Waals surface area contributed by atoms with Gasteiger partial charge < -0.3 is 5.32 Å². The van der Waals surface area contributed by atoms with Crippen molar-refractivity contribution in [2.45, 2.75) is 25.2 Å². The van der Waals surface area contributed by atoms with E-state index in [9.17, 15) is 8.78 Å². The maximum atomic E-state index is 12.4. The standard InChI is InChI=1S/C10H13F2N3/c11-10(12)9-6-14-5-8(15-9)7-1-3-13-4-2-7/h5-7,10,13H,1-4H2. The van der Waals surface area contributed by atoms with E-state index in [-0.39, 0.29) is 11.6 Å². The summed E-state index contributed by atoms with van der Waals surface area (Å²) in [5, 5.41) is 3.23. The molecule has 0 unspecified atom stereocenters. The molecule has 1 N–H and O–H groups in total. The van der Waals surface area contributed by atoms with Gasteiger partial charge in [0.15, 0.2) is 0 Å². The minimum atomic E-state index is -2.53. The highest BCUT2D eigenvalue weighted by Crippen LogP contribution is 2.24. The minimum Gasteiger partial charge on any atom is -0.317 e. The third-order valence-corrected chi connectivity index (χ3v) is 2.65. The highest BCUT2D eigenvalue weighted by atomic mass is 19.3. The Morgan fingerprint density at radius 1 is 1.27 bits per heavy atom. The van der Waals surface area contributed by atoms with E-state index < -0.39 is 6.43 Å². The Hall–Kier alpha value is -1.10. The molecule has 1 fully saturated rings. The van der Waals surface area contributed by atoms with Crippen molar-refractivity contribution in [2.24, 2.45) is 0 Å². The van der Waals surface area contributed by atoms with Crippen LogP contribution in [0.1, 0.15) is 36.6 Å². The largest absolute Gasteiger partial charge is 0.317 e. The predicted octanol–water partition coefficient (Wildman–Crippen LogP) is 1.88. The van der Waals surface area contributed by atoms with Gasteiger partial charge in [-0.15, -0.1) is 0 Å². The number of aromatic nitrogens is 2. The summed E-state index contributed by atoms with van der Waals surface area (Å²) < 4.78 is 24.8. The summed E-state index contributed by atoms with van der Waals surface area (Å²) >= 11 is 0. The Balaban J connectivity index is 2.16. The van der Waals surface area contributed by atoms with Crippen molar-refractivity contribution in [3.8, 4) is 0 Å². The second kappa shape index (κ2) is 4.61. The topological polar surface area (TPSA) is 37.8 Å². The summed E-state index contributed by atoms with van der Waals surface area (Å²) in [5.74, 6) is 0.275. The Labute approximate surface area is 86.9 Å². The summed E-state index contributed by atoms with van der Waals surface area (Å²) in [6, 6.07) is 0. The van der Waals surface area contributed by atoms with Crippen molar-refractivity contribution in [2.75, 3.05) is 13.1 Å². The molecule has 15 heavy (non-hydrogen) atoms. The van der Waals surface area contributed by atoms with Crippen molar-refractivity contribution in [3.63, 3.8) is 0 Å². The molecule has 0 radical (unpaired) electrons. The van der Waals surface area contributed by atoms with Crippen LogP contribution in [0.4, 0.5) is 8.78 Å². The fourth-order valence-electron chi connectivity index (χ4n) is 1.82. The summed E-state index contributed by atoms with van der Waals surface area (Å²) in [4.78, 5) is 7.77. The zero-order valence-corrected chi connectivity index (χ0v) is 8.29. The molecule has 82 valence electrons. The third kappa shape index (κ3) is 2.47. The van der Waals surface area contributed by atoms with Crippen molar-refractivity contribution < 1.29 is 8.78 Å². The number of hydrogen-bond donors (Lipinski definition) is 1. The fourth-order valence-corrected chi connectivity index (χ4v) is 1.82. The van der Waals surface area contributed by atoms with E-state index in [2.05, 4.69) is 15.3 Å². The Morgan fingerprint density at radius 3 is 2.67 bits per heavy atom. The van der Waals surface area contributed by atoms with Crippen LogP contribution in [0.25, 0.3) is 0 Å². The van der Waals surface area contributed by atoms with Gasteiger partial charge in [-0.05, 0) is 25.9 Å². The monoisotopic (exact) mass is 213 g/mol. The van der Waals surface area contributed by atoms with Gasteiger partial charge in [-0.3, -0.25) is 4.98 Å². The second-order valence-corrected chi connectivity index (χ2v) is 3.69. The number of halogens is 2. The number of rotatable bonds is 2. The summed E-state index contributed by atoms with van der Waals surface area (Å²) in [7, 11) is 0. The second-order valence-electron chi connectivity index (χ2n) is 3.69. The van der Waals surface area contributed by atoms with E-state index >= 15 is 0 Å². The molecule has 5 heteroatoms. The van der Waals surface area contributed by atoms with Crippen LogP contribution in [0.5, 0.6) is 0 Å². The highest BCUT2D eigenvalue weighted by Gasteiger charge is 2.18. The molecule has 0 aromatic carbocycles. The van der Waals surface area contributed by atoms with E-state index in [0.29, 0.717) is 5.69 Å². The van der Waals surface area contributed by atoms with Crippen LogP contribution in [0.3, 0.4) is 0 Å². The molecule has 1 saturated heterocycles. The lowest BCUT2D eigenvalue weighted by molar-refractivity contribution is 0.145. The van der Waals surface area contributed by atoms with Gasteiger partial charge in [-0.2, -0.15) is 0 Å². The molecule has 2 rings (SSSR count). The molecule has 0 atom stereocenters. The highest BCUT2D eigenvalue weighted by molar-refractivity contribution is 5.10. The third-order valence-electron chi connectivity index (χ3n) is 2.65. The van der Waals surface area contributed by atoms with Crippen LogP contribution in [-0.4, -0.2) is 23.1 Å². The number of nitrogens with one attached hydrogen (secondary N) is 1. The smallest absolute Gasteiger partial charge is 0.281 e. The molecule has 0 amide bonds. The van der Waals surface area contributed by atoms with Gasteiger partial charge in [0.25, 0.3) is 6.43 Å². The molecule has 1 aromatic rings. The number of piperidine rings is 1. The van der Waals surface area contributed by atoms with Crippen molar-refractivity contribution in [1.29, 1.82) is 0 Å². The van der Waals surface area contributed by atoms with E-state index in [1.165, 1.54) is 0 Å². The molecule has 0 spiro atoms. The predicted molar refractivity (Wildman–Crippen MR) is 51.8 cm³/mol. The first-order valence-electron chi connectivity index (χ1n) is 5.08. The average Bonchev–Trinajstić information content (AvgIpc) is 2.30. The quantitative estimate of drug-likeness (QED) is 0.815. The fraction of sp³-hybridized carbons (Fsp3) is 0.600. The lowest BCUT2D eigenvalue weighted by Crippen LogP contribution is -2.27. The van der Waals surface area contributed by atoms with Crippen LogP contribution in [-0.2, 0) is 0 Å². The van der Waals surface area contributed by atoms with Crippen molar-refractivity contribution in [1.82, 2.24) is 15.3 Å². The van der Waals surface area contributed by atoms with Gasteiger partial charge in [-0.25, -0.2) is 13.8 Å². The van der Waals surface area contributed by atoms with Crippen LogP contribution < -0.4 is 5.32 Å². The number of alkyl halides is 2. The summed E-state index contributed by atoms with van der Waals surface area (Å²) in [6.45, 7) is 1.84. The zero-order chi connectivity index (χ0) is 10.7. The molecule has 3 nitrogen and oxygen atoms in total. The van der Waals surface area contributed by atoms with Gasteiger partial charge in [0, 0.05) is 12.1 Å². The lowest BCUT2D eigenvalue weighted by Gasteiger charge is -2.21. The van der Waals surface area contributed by atoms with Gasteiger partial charge in [-0.1, -0.05) is 0 Å². The summed E-state index contributed by atoms with van der Waals surface area (Å²) in [5.41, 5.74) is 0.486. The van der Waals surface area contributed by atoms with E-state index in [4.69, 9.17) is 0 Å². The van der Waals surface area contributed by atoms with Crippen LogP contribution in [0.2, 0.25) is 0 Å². The first-order valence-corrected chi connectivity index (χ1v) is 5.08. The molecule has 1 aliphatic rings. The minimum absolute atomic E-state index is 0.217. The Morgan fingerprint density at radius 2 is 2.00 bits per heavy atom. The average molecular weight is 213 g/mol. The van der Waals surface area contributed by atoms with E-state index in [1.54, 1.807) is 6.20 Å². The van der Waals surface area contributed by atoms with Gasteiger partial charge >= 0.3 is 0 Å². The number of hydrogen-bond acceptors (Lipinski definition) is 3. The maximum absolute atomic E-state index is 12.4. The van der Waals surface area contributed by atoms with E-state index in [0.717, 1.165) is 32.1 Å².